The molecule has 0 aromatic heterocycles. The van der Waals surface area contributed by atoms with Gasteiger partial charge in [-0.3, -0.25) is 4.79 Å². The molecule has 0 aliphatic rings. The van der Waals surface area contributed by atoms with E-state index in [9.17, 15) is 13.2 Å². The summed E-state index contributed by atoms with van der Waals surface area (Å²) in [4.78, 5) is 10.3. The van der Waals surface area contributed by atoms with Crippen molar-refractivity contribution in [2.24, 2.45) is 0 Å². The molecule has 0 unspecified atom stereocenters. The number of halogens is 2. The van der Waals surface area contributed by atoms with Crippen molar-refractivity contribution in [1.29, 1.82) is 0 Å². The summed E-state index contributed by atoms with van der Waals surface area (Å²) in [6.07, 6.45) is 0. The first-order valence-electron chi connectivity index (χ1n) is 4.39. The molecular weight excluding hydrogens is 289 g/mol. The highest BCUT2D eigenvalue weighted by Crippen LogP contribution is 2.30. The molecule has 1 aromatic rings. The molecule has 0 saturated carbocycles. The summed E-state index contributed by atoms with van der Waals surface area (Å²) in [7, 11) is -2.80. The number of carbonyl (C=O) groups is 1. The van der Waals surface area contributed by atoms with E-state index in [0.29, 0.717) is 4.31 Å². The zero-order valence-electron chi connectivity index (χ0n) is 8.72. The molecule has 0 radical (unpaired) electrons. The van der Waals surface area contributed by atoms with E-state index in [1.54, 1.807) is 0 Å². The molecule has 0 aliphatic heterocycles. The van der Waals surface area contributed by atoms with Crippen LogP contribution in [0.2, 0.25) is 10.0 Å². The van der Waals surface area contributed by atoms with Crippen LogP contribution in [-0.2, 0) is 14.8 Å². The maximum absolute atomic E-state index is 12.0. The Morgan fingerprint density at radius 2 is 2.00 bits per heavy atom. The highest BCUT2D eigenvalue weighted by molar-refractivity contribution is 7.89. The SMILES string of the molecule is CN(CC(=O)O)S(=O)(=O)c1cccc(Cl)c1Cl. The van der Waals surface area contributed by atoms with Crippen molar-refractivity contribution in [1.82, 2.24) is 4.31 Å². The summed E-state index contributed by atoms with van der Waals surface area (Å²) in [6.45, 7) is -0.648. The van der Waals surface area contributed by atoms with Crippen molar-refractivity contribution in [2.75, 3.05) is 13.6 Å². The lowest BCUT2D eigenvalue weighted by molar-refractivity contribution is -0.137. The summed E-state index contributed by atoms with van der Waals surface area (Å²) in [5.74, 6) is -1.26. The minimum atomic E-state index is -3.95. The van der Waals surface area contributed by atoms with E-state index in [2.05, 4.69) is 0 Å². The summed E-state index contributed by atoms with van der Waals surface area (Å²) >= 11 is 11.5. The number of carboxylic acid groups (broad SMARTS) is 1. The fraction of sp³-hybridized carbons (Fsp3) is 0.222. The van der Waals surface area contributed by atoms with E-state index in [1.807, 2.05) is 0 Å². The molecule has 17 heavy (non-hydrogen) atoms. The van der Waals surface area contributed by atoms with Gasteiger partial charge in [0.1, 0.15) is 11.4 Å². The van der Waals surface area contributed by atoms with Crippen LogP contribution in [-0.4, -0.2) is 37.4 Å². The molecule has 0 bridgehead atoms. The van der Waals surface area contributed by atoms with Gasteiger partial charge in [0.2, 0.25) is 10.0 Å². The summed E-state index contributed by atoms with van der Waals surface area (Å²) in [5, 5.41) is 8.53. The van der Waals surface area contributed by atoms with E-state index in [1.165, 1.54) is 18.2 Å². The van der Waals surface area contributed by atoms with Gasteiger partial charge >= 0.3 is 5.97 Å². The first-order chi connectivity index (χ1) is 7.76. The van der Waals surface area contributed by atoms with Crippen LogP contribution in [0.5, 0.6) is 0 Å². The average molecular weight is 298 g/mol. The van der Waals surface area contributed by atoms with Gasteiger partial charge in [-0.2, -0.15) is 4.31 Å². The van der Waals surface area contributed by atoms with Gasteiger partial charge in [-0.1, -0.05) is 29.3 Å². The first-order valence-corrected chi connectivity index (χ1v) is 6.58. The lowest BCUT2D eigenvalue weighted by Crippen LogP contribution is -2.32. The van der Waals surface area contributed by atoms with Crippen LogP contribution in [0.3, 0.4) is 0 Å². The molecule has 1 aromatic carbocycles. The minimum absolute atomic E-state index is 0.0940. The third kappa shape index (κ3) is 3.10. The fourth-order valence-corrected chi connectivity index (χ4v) is 2.98. The normalized spacial score (nSPS) is 11.8. The Balaban J connectivity index is 3.22. The molecule has 5 nitrogen and oxygen atoms in total. The van der Waals surface area contributed by atoms with Gasteiger partial charge in [0, 0.05) is 7.05 Å². The molecular formula is C9H9Cl2NO4S. The van der Waals surface area contributed by atoms with Gasteiger partial charge in [0.15, 0.2) is 0 Å². The van der Waals surface area contributed by atoms with Crippen molar-refractivity contribution in [3.05, 3.63) is 28.2 Å². The highest BCUT2D eigenvalue weighted by Gasteiger charge is 2.25. The number of hydrogen-bond donors (Lipinski definition) is 1. The Bertz CT molecular complexity index is 544. The number of carboxylic acids is 1. The third-order valence-electron chi connectivity index (χ3n) is 1.96. The van der Waals surface area contributed by atoms with Gasteiger partial charge in [0.05, 0.1) is 10.0 Å². The van der Waals surface area contributed by atoms with Gasteiger partial charge in [-0.15, -0.1) is 0 Å². The number of hydrogen-bond acceptors (Lipinski definition) is 3. The molecule has 1 rings (SSSR count). The van der Waals surface area contributed by atoms with Crippen molar-refractivity contribution < 1.29 is 18.3 Å². The monoisotopic (exact) mass is 297 g/mol. The Morgan fingerprint density at radius 3 is 2.53 bits per heavy atom. The number of likely N-dealkylation sites (N-methyl/N-ethyl adjacent to an activating group) is 1. The fourth-order valence-electron chi connectivity index (χ4n) is 1.13. The smallest absolute Gasteiger partial charge is 0.318 e. The molecule has 0 spiro atoms. The summed E-state index contributed by atoms with van der Waals surface area (Å²) in [6, 6.07) is 4.14. The zero-order chi connectivity index (χ0) is 13.2. The maximum Gasteiger partial charge on any atom is 0.318 e. The van der Waals surface area contributed by atoms with E-state index < -0.39 is 22.5 Å². The zero-order valence-corrected chi connectivity index (χ0v) is 11.1. The second-order valence-corrected chi connectivity index (χ2v) is 6.01. The maximum atomic E-state index is 12.0. The van der Waals surface area contributed by atoms with Crippen LogP contribution >= 0.6 is 23.2 Å². The van der Waals surface area contributed by atoms with Crippen molar-refractivity contribution in [3.8, 4) is 0 Å². The predicted octanol–water partition coefficient (Wildman–Crippen LogP) is 1.70. The molecule has 0 fully saturated rings. The molecule has 8 heteroatoms. The Morgan fingerprint density at radius 1 is 1.41 bits per heavy atom. The molecule has 0 saturated heterocycles. The lowest BCUT2D eigenvalue weighted by atomic mass is 10.4. The lowest BCUT2D eigenvalue weighted by Gasteiger charge is -2.16. The van der Waals surface area contributed by atoms with E-state index in [4.69, 9.17) is 28.3 Å². The van der Waals surface area contributed by atoms with Crippen LogP contribution in [0.4, 0.5) is 0 Å². The number of nitrogens with zero attached hydrogens (tertiary/aromatic N) is 1. The standard InChI is InChI=1S/C9H9Cl2NO4S/c1-12(5-8(13)14)17(15,16)7-4-2-3-6(10)9(7)11/h2-4H,5H2,1H3,(H,13,14). The predicted molar refractivity (Wildman–Crippen MR) is 63.9 cm³/mol. The number of rotatable bonds is 4. The van der Waals surface area contributed by atoms with Gasteiger partial charge in [-0.25, -0.2) is 8.42 Å². The second-order valence-electron chi connectivity index (χ2n) is 3.21. The van der Waals surface area contributed by atoms with E-state index >= 15 is 0 Å². The Hall–Kier alpha value is -0.820. The molecule has 1 N–H and O–H groups in total. The largest absolute Gasteiger partial charge is 0.480 e. The van der Waals surface area contributed by atoms with Crippen molar-refractivity contribution in [2.45, 2.75) is 4.90 Å². The van der Waals surface area contributed by atoms with Crippen molar-refractivity contribution in [3.63, 3.8) is 0 Å². The molecule has 0 heterocycles. The topological polar surface area (TPSA) is 74.7 Å². The molecule has 0 aliphatic carbocycles. The Kier molecular flexibility index (Phi) is 4.37. The summed E-state index contributed by atoms with van der Waals surface area (Å²) < 4.78 is 24.6. The summed E-state index contributed by atoms with van der Waals surface area (Å²) in [5.41, 5.74) is 0. The van der Waals surface area contributed by atoms with Crippen LogP contribution in [0.1, 0.15) is 0 Å². The van der Waals surface area contributed by atoms with Crippen LogP contribution in [0.25, 0.3) is 0 Å². The number of sulfonamides is 1. The molecule has 0 amide bonds. The van der Waals surface area contributed by atoms with Crippen LogP contribution in [0, 0.1) is 0 Å². The van der Waals surface area contributed by atoms with Gasteiger partial charge in [-0.05, 0) is 12.1 Å². The first kappa shape index (κ1) is 14.2. The van der Waals surface area contributed by atoms with E-state index in [0.717, 1.165) is 7.05 Å². The minimum Gasteiger partial charge on any atom is -0.480 e. The highest BCUT2D eigenvalue weighted by atomic mass is 35.5. The number of benzene rings is 1. The average Bonchev–Trinajstić information content (AvgIpc) is 2.20. The van der Waals surface area contributed by atoms with Gasteiger partial charge < -0.3 is 5.11 Å². The van der Waals surface area contributed by atoms with Crippen LogP contribution < -0.4 is 0 Å². The number of aliphatic carboxylic acids is 1. The van der Waals surface area contributed by atoms with Crippen LogP contribution in [0.15, 0.2) is 23.1 Å². The second kappa shape index (κ2) is 5.22. The third-order valence-corrected chi connectivity index (χ3v) is 4.74. The molecule has 94 valence electrons. The van der Waals surface area contributed by atoms with E-state index in [-0.39, 0.29) is 14.9 Å². The molecule has 0 atom stereocenters. The van der Waals surface area contributed by atoms with Gasteiger partial charge in [0.25, 0.3) is 0 Å². The van der Waals surface area contributed by atoms with Crippen molar-refractivity contribution >= 4 is 39.2 Å². The Labute approximate surface area is 109 Å². The quantitative estimate of drug-likeness (QED) is 0.918.